The van der Waals surface area contributed by atoms with Crippen molar-refractivity contribution in [3.63, 3.8) is 0 Å². The Balaban J connectivity index is 2.35. The number of halogens is 3. The van der Waals surface area contributed by atoms with Crippen LogP contribution in [0, 0.1) is 0 Å². The van der Waals surface area contributed by atoms with Gasteiger partial charge in [0.25, 0.3) is 5.56 Å². The lowest BCUT2D eigenvalue weighted by molar-refractivity contribution is 1.10. The Hall–Kier alpha value is -0.850. The van der Waals surface area contributed by atoms with Gasteiger partial charge in [0.05, 0.1) is 11.3 Å². The number of aromatic amines is 1. The van der Waals surface area contributed by atoms with E-state index in [1.165, 1.54) is 6.33 Å². The Morgan fingerprint density at radius 2 is 2.12 bits per heavy atom. The maximum absolute atomic E-state index is 11.3. The molecule has 0 bridgehead atoms. The number of hydrogen-bond acceptors (Lipinski definition) is 3. The molecular formula is C10H6Br2ClN3O. The third kappa shape index (κ3) is 2.88. The molecular weight excluding hydrogens is 373 g/mol. The van der Waals surface area contributed by atoms with Crippen LogP contribution < -0.4 is 10.9 Å². The van der Waals surface area contributed by atoms with Gasteiger partial charge in [-0.05, 0) is 50.1 Å². The van der Waals surface area contributed by atoms with Crippen LogP contribution in [0.3, 0.4) is 0 Å². The van der Waals surface area contributed by atoms with Crippen molar-refractivity contribution in [1.82, 2.24) is 9.97 Å². The van der Waals surface area contributed by atoms with E-state index in [1.807, 2.05) is 12.1 Å². The largest absolute Gasteiger partial charge is 0.339 e. The Morgan fingerprint density at radius 1 is 1.35 bits per heavy atom. The lowest BCUT2D eigenvalue weighted by Gasteiger charge is -2.07. The van der Waals surface area contributed by atoms with Gasteiger partial charge in [0.15, 0.2) is 5.82 Å². The average Bonchev–Trinajstić information content (AvgIpc) is 2.30. The van der Waals surface area contributed by atoms with Crippen LogP contribution in [0.15, 0.2) is 38.3 Å². The number of hydrogen-bond donors (Lipinski definition) is 2. The first-order valence-corrected chi connectivity index (χ1v) is 6.49. The van der Waals surface area contributed by atoms with Crippen LogP contribution >= 0.6 is 43.5 Å². The predicted octanol–water partition coefficient (Wildman–Crippen LogP) is 3.69. The van der Waals surface area contributed by atoms with Gasteiger partial charge in [-0.15, -0.1) is 0 Å². The number of aromatic nitrogens is 2. The van der Waals surface area contributed by atoms with Crippen molar-refractivity contribution in [3.8, 4) is 0 Å². The molecule has 2 N–H and O–H groups in total. The van der Waals surface area contributed by atoms with Crippen molar-refractivity contribution in [2.75, 3.05) is 5.32 Å². The van der Waals surface area contributed by atoms with E-state index in [-0.39, 0.29) is 5.56 Å². The summed E-state index contributed by atoms with van der Waals surface area (Å²) >= 11 is 12.4. The van der Waals surface area contributed by atoms with E-state index in [1.54, 1.807) is 6.07 Å². The van der Waals surface area contributed by atoms with Crippen LogP contribution in [0.5, 0.6) is 0 Å². The third-order valence-corrected chi connectivity index (χ3v) is 3.95. The summed E-state index contributed by atoms with van der Waals surface area (Å²) < 4.78 is 1.15. The van der Waals surface area contributed by atoms with Crippen molar-refractivity contribution < 1.29 is 0 Å². The monoisotopic (exact) mass is 377 g/mol. The van der Waals surface area contributed by atoms with Crippen LogP contribution in [-0.4, -0.2) is 9.97 Å². The van der Waals surface area contributed by atoms with E-state index >= 15 is 0 Å². The molecule has 0 fully saturated rings. The number of benzene rings is 1. The normalized spacial score (nSPS) is 10.3. The molecule has 2 rings (SSSR count). The highest BCUT2D eigenvalue weighted by Crippen LogP contribution is 2.27. The van der Waals surface area contributed by atoms with Crippen molar-refractivity contribution in [1.29, 1.82) is 0 Å². The molecule has 0 aliphatic heterocycles. The summed E-state index contributed by atoms with van der Waals surface area (Å²) in [6, 6.07) is 5.37. The zero-order chi connectivity index (χ0) is 12.4. The van der Waals surface area contributed by atoms with E-state index in [4.69, 9.17) is 11.6 Å². The summed E-state index contributed by atoms with van der Waals surface area (Å²) in [5.41, 5.74) is 0.503. The number of nitrogens with zero attached hydrogens (tertiary/aromatic N) is 1. The first-order valence-electron chi connectivity index (χ1n) is 4.53. The van der Waals surface area contributed by atoms with E-state index in [2.05, 4.69) is 47.1 Å². The predicted molar refractivity (Wildman–Crippen MR) is 75.0 cm³/mol. The second-order valence-electron chi connectivity index (χ2n) is 3.15. The summed E-state index contributed by atoms with van der Waals surface area (Å²) in [5, 5.41) is 3.58. The molecule has 7 heteroatoms. The topological polar surface area (TPSA) is 57.8 Å². The fraction of sp³-hybridized carbons (Fsp3) is 0. The summed E-state index contributed by atoms with van der Waals surface area (Å²) in [4.78, 5) is 17.8. The highest BCUT2D eigenvalue weighted by molar-refractivity contribution is 9.11. The summed E-state index contributed by atoms with van der Waals surface area (Å²) in [6.07, 6.45) is 1.33. The lowest BCUT2D eigenvalue weighted by atomic mass is 10.3. The fourth-order valence-corrected chi connectivity index (χ4v) is 1.92. The molecule has 1 aromatic heterocycles. The summed E-state index contributed by atoms with van der Waals surface area (Å²) in [6.45, 7) is 0. The zero-order valence-electron chi connectivity index (χ0n) is 8.30. The van der Waals surface area contributed by atoms with E-state index in [0.29, 0.717) is 15.3 Å². The van der Waals surface area contributed by atoms with Gasteiger partial charge in [-0.25, -0.2) is 4.98 Å². The second-order valence-corrected chi connectivity index (χ2v) is 5.20. The van der Waals surface area contributed by atoms with Crippen LogP contribution in [0.1, 0.15) is 0 Å². The second kappa shape index (κ2) is 5.20. The van der Waals surface area contributed by atoms with Gasteiger partial charge in [-0.2, -0.15) is 0 Å². The first kappa shape index (κ1) is 12.6. The minimum atomic E-state index is -0.245. The molecule has 0 radical (unpaired) electrons. The fourth-order valence-electron chi connectivity index (χ4n) is 1.18. The Bertz CT molecular complexity index is 615. The smallest absolute Gasteiger partial charge is 0.267 e. The van der Waals surface area contributed by atoms with Gasteiger partial charge >= 0.3 is 0 Å². The molecule has 1 aromatic carbocycles. The van der Waals surface area contributed by atoms with Gasteiger partial charge in [0, 0.05) is 10.2 Å². The maximum atomic E-state index is 11.3. The van der Waals surface area contributed by atoms with Crippen LogP contribution in [0.4, 0.5) is 11.5 Å². The molecule has 0 aliphatic carbocycles. The zero-order valence-corrected chi connectivity index (χ0v) is 12.2. The lowest BCUT2D eigenvalue weighted by Crippen LogP contribution is -2.09. The Kier molecular flexibility index (Phi) is 3.86. The molecule has 88 valence electrons. The molecule has 0 unspecified atom stereocenters. The van der Waals surface area contributed by atoms with Gasteiger partial charge in [0.2, 0.25) is 0 Å². The maximum Gasteiger partial charge on any atom is 0.267 e. The molecule has 17 heavy (non-hydrogen) atoms. The third-order valence-electron chi connectivity index (χ3n) is 1.98. The average molecular weight is 379 g/mol. The van der Waals surface area contributed by atoms with Gasteiger partial charge < -0.3 is 10.3 Å². The van der Waals surface area contributed by atoms with Gasteiger partial charge in [0.1, 0.15) is 4.47 Å². The summed E-state index contributed by atoms with van der Waals surface area (Å²) in [7, 11) is 0. The van der Waals surface area contributed by atoms with Crippen molar-refractivity contribution in [2.24, 2.45) is 0 Å². The molecule has 0 saturated heterocycles. The van der Waals surface area contributed by atoms with Crippen molar-refractivity contribution in [3.05, 3.63) is 48.8 Å². The highest BCUT2D eigenvalue weighted by Gasteiger charge is 2.06. The van der Waals surface area contributed by atoms with E-state index in [0.717, 1.165) is 10.2 Å². The molecule has 2 aromatic rings. The molecule has 1 heterocycles. The summed E-state index contributed by atoms with van der Waals surface area (Å²) in [5.74, 6) is 0.437. The minimum absolute atomic E-state index is 0.245. The molecule has 0 atom stereocenters. The standard InChI is InChI=1S/C10H6Br2ClN3O/c11-6-2-1-5(3-7(6)13)16-9-8(12)10(17)15-4-14-9/h1-4H,(H2,14,15,16,17). The van der Waals surface area contributed by atoms with Crippen LogP contribution in [0.25, 0.3) is 0 Å². The molecule has 0 amide bonds. The van der Waals surface area contributed by atoms with Crippen molar-refractivity contribution >= 4 is 55.0 Å². The highest BCUT2D eigenvalue weighted by atomic mass is 79.9. The quantitative estimate of drug-likeness (QED) is 0.837. The van der Waals surface area contributed by atoms with Crippen LogP contribution in [-0.2, 0) is 0 Å². The van der Waals surface area contributed by atoms with Gasteiger partial charge in [-0.3, -0.25) is 4.79 Å². The van der Waals surface area contributed by atoms with Gasteiger partial charge in [-0.1, -0.05) is 11.6 Å². The molecule has 0 spiro atoms. The van der Waals surface area contributed by atoms with Crippen LogP contribution in [0.2, 0.25) is 5.02 Å². The number of rotatable bonds is 2. The Labute approximate surface area is 119 Å². The Morgan fingerprint density at radius 3 is 2.82 bits per heavy atom. The number of H-pyrrole nitrogens is 1. The molecule has 4 nitrogen and oxygen atoms in total. The first-order chi connectivity index (χ1) is 8.08. The number of nitrogens with one attached hydrogen (secondary N) is 2. The molecule has 0 saturated carbocycles. The van der Waals surface area contributed by atoms with E-state index < -0.39 is 0 Å². The van der Waals surface area contributed by atoms with Crippen molar-refractivity contribution in [2.45, 2.75) is 0 Å². The SMILES string of the molecule is O=c1[nH]cnc(Nc2ccc(Br)c(Cl)c2)c1Br. The van der Waals surface area contributed by atoms with E-state index in [9.17, 15) is 4.79 Å². The number of anilines is 2. The molecule has 0 aliphatic rings. The minimum Gasteiger partial charge on any atom is -0.339 e.